The van der Waals surface area contributed by atoms with Crippen molar-refractivity contribution in [1.29, 1.82) is 0 Å². The van der Waals surface area contributed by atoms with Crippen LogP contribution in [-0.2, 0) is 0 Å². The van der Waals surface area contributed by atoms with Gasteiger partial charge in [-0.2, -0.15) is 0 Å². The van der Waals surface area contributed by atoms with Crippen LogP contribution in [0, 0.1) is 0 Å². The van der Waals surface area contributed by atoms with Gasteiger partial charge in [-0.1, -0.05) is 0 Å². The summed E-state index contributed by atoms with van der Waals surface area (Å²) in [5.74, 6) is 0. The fraction of sp³-hybridized carbons (Fsp3) is 1.00. The minimum absolute atomic E-state index is 0.0411. The minimum atomic E-state index is -0.0411. The fourth-order valence-corrected chi connectivity index (χ4v) is 1.74. The van der Waals surface area contributed by atoms with E-state index in [1.165, 1.54) is 6.42 Å². The van der Waals surface area contributed by atoms with Gasteiger partial charge < -0.3 is 10.4 Å². The first-order valence-electron chi connectivity index (χ1n) is 3.99. The molecule has 2 aliphatic heterocycles. The number of aliphatic hydroxyl groups is 1. The van der Waals surface area contributed by atoms with Crippen LogP contribution in [0.15, 0.2) is 0 Å². The number of aliphatic hydroxyl groups excluding tert-OH is 1. The van der Waals surface area contributed by atoms with E-state index >= 15 is 0 Å². The molecule has 2 heterocycles. The minimum Gasteiger partial charge on any atom is -0.390 e. The molecule has 0 saturated carbocycles. The van der Waals surface area contributed by atoms with Crippen LogP contribution >= 0.6 is 0 Å². The van der Waals surface area contributed by atoms with Crippen molar-refractivity contribution in [3.05, 3.63) is 0 Å². The van der Waals surface area contributed by atoms with E-state index in [0.29, 0.717) is 6.04 Å². The molecular formula is C7H14N2O. The lowest BCUT2D eigenvalue weighted by Gasteiger charge is -2.40. The van der Waals surface area contributed by atoms with Crippen molar-refractivity contribution in [3.8, 4) is 0 Å². The molecule has 3 nitrogen and oxygen atoms in total. The zero-order chi connectivity index (χ0) is 6.97. The van der Waals surface area contributed by atoms with E-state index in [1.807, 2.05) is 0 Å². The van der Waals surface area contributed by atoms with E-state index in [2.05, 4.69) is 10.2 Å². The van der Waals surface area contributed by atoms with Gasteiger partial charge in [0.1, 0.15) is 0 Å². The lowest BCUT2D eigenvalue weighted by atomic mass is 10.1. The first-order valence-corrected chi connectivity index (χ1v) is 3.99. The van der Waals surface area contributed by atoms with Crippen molar-refractivity contribution in [2.75, 3.05) is 26.2 Å². The van der Waals surface area contributed by atoms with Crippen molar-refractivity contribution in [3.63, 3.8) is 0 Å². The Morgan fingerprint density at radius 1 is 1.40 bits per heavy atom. The third kappa shape index (κ3) is 1.05. The van der Waals surface area contributed by atoms with Crippen LogP contribution in [0.5, 0.6) is 0 Å². The van der Waals surface area contributed by atoms with Crippen LogP contribution in [0.3, 0.4) is 0 Å². The number of hydrogen-bond acceptors (Lipinski definition) is 3. The second-order valence-corrected chi connectivity index (χ2v) is 3.25. The van der Waals surface area contributed by atoms with Crippen LogP contribution in [0.4, 0.5) is 0 Å². The summed E-state index contributed by atoms with van der Waals surface area (Å²) >= 11 is 0. The molecule has 0 spiro atoms. The number of nitrogens with one attached hydrogen (secondary N) is 1. The number of likely N-dealkylation sites (tertiary alicyclic amines) is 1. The van der Waals surface area contributed by atoms with Crippen LogP contribution in [0.1, 0.15) is 6.42 Å². The maximum Gasteiger partial charge on any atom is 0.0794 e. The Hall–Kier alpha value is -0.120. The van der Waals surface area contributed by atoms with Gasteiger partial charge in [0.05, 0.1) is 6.10 Å². The van der Waals surface area contributed by atoms with Crippen molar-refractivity contribution >= 4 is 0 Å². The van der Waals surface area contributed by atoms with Crippen LogP contribution in [0.25, 0.3) is 0 Å². The molecule has 3 heteroatoms. The molecule has 2 saturated heterocycles. The van der Waals surface area contributed by atoms with Gasteiger partial charge in [-0.05, 0) is 13.0 Å². The van der Waals surface area contributed by atoms with E-state index in [9.17, 15) is 0 Å². The first-order chi connectivity index (χ1) is 4.86. The fourth-order valence-electron chi connectivity index (χ4n) is 1.74. The van der Waals surface area contributed by atoms with Crippen LogP contribution in [0.2, 0.25) is 0 Å². The smallest absolute Gasteiger partial charge is 0.0794 e. The molecule has 0 aromatic heterocycles. The summed E-state index contributed by atoms with van der Waals surface area (Å²) < 4.78 is 0. The van der Waals surface area contributed by atoms with Gasteiger partial charge in [0, 0.05) is 25.7 Å². The van der Waals surface area contributed by atoms with Gasteiger partial charge in [0.25, 0.3) is 0 Å². The van der Waals surface area contributed by atoms with Gasteiger partial charge in [-0.3, -0.25) is 4.90 Å². The molecular weight excluding hydrogens is 128 g/mol. The molecule has 2 N–H and O–H groups in total. The standard InChI is InChI=1S/C7H14N2O/c10-7-4-9(5-7)6-1-2-8-3-6/h6-8,10H,1-5H2/t6-/m1/s1. The number of hydrogen-bond donors (Lipinski definition) is 2. The summed E-state index contributed by atoms with van der Waals surface area (Å²) in [6.45, 7) is 4.06. The average Bonchev–Trinajstić information content (AvgIpc) is 2.31. The molecule has 58 valence electrons. The third-order valence-electron chi connectivity index (χ3n) is 2.44. The second-order valence-electron chi connectivity index (χ2n) is 3.25. The Morgan fingerprint density at radius 2 is 2.20 bits per heavy atom. The summed E-state index contributed by atoms with van der Waals surface area (Å²) in [5.41, 5.74) is 0. The molecule has 0 unspecified atom stereocenters. The zero-order valence-electron chi connectivity index (χ0n) is 6.08. The topological polar surface area (TPSA) is 35.5 Å². The summed E-state index contributed by atoms with van der Waals surface area (Å²) in [6, 6.07) is 0.711. The largest absolute Gasteiger partial charge is 0.390 e. The van der Waals surface area contributed by atoms with E-state index in [-0.39, 0.29) is 6.10 Å². The van der Waals surface area contributed by atoms with Gasteiger partial charge in [0.2, 0.25) is 0 Å². The Balaban J connectivity index is 1.78. The summed E-state index contributed by atoms with van der Waals surface area (Å²) in [4.78, 5) is 2.35. The van der Waals surface area contributed by atoms with E-state index < -0.39 is 0 Å². The predicted octanol–water partition coefficient (Wildman–Crippen LogP) is -0.975. The first kappa shape index (κ1) is 6.58. The molecule has 0 amide bonds. The van der Waals surface area contributed by atoms with E-state index in [1.54, 1.807) is 0 Å². The van der Waals surface area contributed by atoms with Crippen molar-refractivity contribution in [1.82, 2.24) is 10.2 Å². The molecule has 0 aromatic carbocycles. The molecule has 2 aliphatic rings. The van der Waals surface area contributed by atoms with Crippen LogP contribution in [-0.4, -0.2) is 48.3 Å². The summed E-state index contributed by atoms with van der Waals surface area (Å²) in [6.07, 6.45) is 1.22. The lowest BCUT2D eigenvalue weighted by Crippen LogP contribution is -2.55. The van der Waals surface area contributed by atoms with Crippen molar-refractivity contribution in [2.45, 2.75) is 18.6 Å². The molecule has 10 heavy (non-hydrogen) atoms. The Morgan fingerprint density at radius 3 is 2.70 bits per heavy atom. The number of rotatable bonds is 1. The predicted molar refractivity (Wildman–Crippen MR) is 38.9 cm³/mol. The highest BCUT2D eigenvalue weighted by Crippen LogP contribution is 2.16. The van der Waals surface area contributed by atoms with Gasteiger partial charge in [-0.25, -0.2) is 0 Å². The summed E-state index contributed by atoms with van der Waals surface area (Å²) in [5, 5.41) is 12.3. The maximum absolute atomic E-state index is 9.02. The molecule has 0 aromatic rings. The second kappa shape index (κ2) is 2.49. The molecule has 0 aliphatic carbocycles. The van der Waals surface area contributed by atoms with Gasteiger partial charge in [0.15, 0.2) is 0 Å². The highest BCUT2D eigenvalue weighted by molar-refractivity contribution is 4.89. The normalized spacial score (nSPS) is 36.3. The number of β-amino-alcohol motifs (C(OH)–C–C–N with tert-alkyl or cyclic N) is 1. The monoisotopic (exact) mass is 142 g/mol. The highest BCUT2D eigenvalue weighted by Gasteiger charge is 2.31. The van der Waals surface area contributed by atoms with E-state index in [4.69, 9.17) is 5.11 Å². The maximum atomic E-state index is 9.02. The lowest BCUT2D eigenvalue weighted by molar-refractivity contribution is -0.0198. The van der Waals surface area contributed by atoms with Crippen molar-refractivity contribution in [2.24, 2.45) is 0 Å². The Kier molecular flexibility index (Phi) is 1.64. The SMILES string of the molecule is OC1CN([C@@H]2CCNC2)C1. The van der Waals surface area contributed by atoms with Crippen molar-refractivity contribution < 1.29 is 5.11 Å². The highest BCUT2D eigenvalue weighted by atomic mass is 16.3. The third-order valence-corrected chi connectivity index (χ3v) is 2.44. The van der Waals surface area contributed by atoms with E-state index in [0.717, 1.165) is 26.2 Å². The average molecular weight is 142 g/mol. The molecule has 0 bridgehead atoms. The molecule has 2 rings (SSSR count). The molecule has 1 atom stereocenters. The zero-order valence-corrected chi connectivity index (χ0v) is 6.08. The summed E-state index contributed by atoms with van der Waals surface area (Å²) in [7, 11) is 0. The quantitative estimate of drug-likeness (QED) is 0.494. The Bertz CT molecular complexity index is 117. The van der Waals surface area contributed by atoms with Gasteiger partial charge >= 0.3 is 0 Å². The molecule has 2 fully saturated rings. The number of nitrogens with zero attached hydrogens (tertiary/aromatic N) is 1. The van der Waals surface area contributed by atoms with Gasteiger partial charge in [-0.15, -0.1) is 0 Å². The Labute approximate surface area is 61.0 Å². The molecule has 0 radical (unpaired) electrons. The van der Waals surface area contributed by atoms with Crippen LogP contribution < -0.4 is 5.32 Å².